The molecule has 0 spiro atoms. The lowest BCUT2D eigenvalue weighted by molar-refractivity contribution is 0.0696. The third kappa shape index (κ3) is 3.30. The standard InChI is InChI=1S/C19H19N3O2/c1-21(2)17-8-6-15(7-9-17)18-20-10-11-22(18)13-14-4-3-5-16(12-14)19(23)24/h3-12H,13H2,1-2H3,(H,23,24). The number of carbonyl (C=O) groups is 1. The lowest BCUT2D eigenvalue weighted by atomic mass is 10.1. The third-order valence-corrected chi connectivity index (χ3v) is 3.88. The molecule has 3 aromatic rings. The average Bonchev–Trinajstić information content (AvgIpc) is 3.03. The summed E-state index contributed by atoms with van der Waals surface area (Å²) < 4.78 is 2.02. The van der Waals surface area contributed by atoms with Crippen LogP contribution in [0.1, 0.15) is 15.9 Å². The molecule has 0 bridgehead atoms. The lowest BCUT2D eigenvalue weighted by Gasteiger charge is -2.13. The summed E-state index contributed by atoms with van der Waals surface area (Å²) in [5.74, 6) is -0.0528. The van der Waals surface area contributed by atoms with Crippen LogP contribution in [0.2, 0.25) is 0 Å². The second-order valence-electron chi connectivity index (χ2n) is 5.83. The maximum atomic E-state index is 11.1. The molecule has 0 aliphatic heterocycles. The van der Waals surface area contributed by atoms with Crippen molar-refractivity contribution in [1.29, 1.82) is 0 Å². The minimum atomic E-state index is -0.915. The van der Waals surface area contributed by atoms with Gasteiger partial charge >= 0.3 is 5.97 Å². The largest absolute Gasteiger partial charge is 0.478 e. The molecule has 0 atom stereocenters. The first kappa shape index (κ1) is 15.8. The van der Waals surface area contributed by atoms with Gasteiger partial charge in [-0.25, -0.2) is 9.78 Å². The Kier molecular flexibility index (Phi) is 4.33. The van der Waals surface area contributed by atoms with Crippen molar-refractivity contribution < 1.29 is 9.90 Å². The monoisotopic (exact) mass is 321 g/mol. The van der Waals surface area contributed by atoms with E-state index in [2.05, 4.69) is 17.1 Å². The van der Waals surface area contributed by atoms with Gasteiger partial charge in [0.05, 0.1) is 5.56 Å². The highest BCUT2D eigenvalue weighted by Gasteiger charge is 2.09. The van der Waals surface area contributed by atoms with Gasteiger partial charge in [-0.1, -0.05) is 12.1 Å². The molecule has 1 N–H and O–H groups in total. The highest BCUT2D eigenvalue weighted by molar-refractivity contribution is 5.87. The molecule has 0 unspecified atom stereocenters. The Morgan fingerprint density at radius 3 is 2.58 bits per heavy atom. The number of aromatic nitrogens is 2. The van der Waals surface area contributed by atoms with Gasteiger partial charge in [0.25, 0.3) is 0 Å². The van der Waals surface area contributed by atoms with E-state index in [0.29, 0.717) is 12.1 Å². The molecule has 1 heterocycles. The molecule has 0 radical (unpaired) electrons. The molecule has 3 rings (SSSR count). The Morgan fingerprint density at radius 2 is 1.92 bits per heavy atom. The normalized spacial score (nSPS) is 10.6. The summed E-state index contributed by atoms with van der Waals surface area (Å²) >= 11 is 0. The number of benzene rings is 2. The van der Waals surface area contributed by atoms with Crippen LogP contribution in [-0.2, 0) is 6.54 Å². The smallest absolute Gasteiger partial charge is 0.335 e. The fourth-order valence-electron chi connectivity index (χ4n) is 2.61. The number of imidazole rings is 1. The molecular formula is C19H19N3O2. The molecule has 122 valence electrons. The molecule has 5 nitrogen and oxygen atoms in total. The van der Waals surface area contributed by atoms with Crippen molar-refractivity contribution in [3.05, 3.63) is 72.1 Å². The van der Waals surface area contributed by atoms with Crippen LogP contribution in [0.15, 0.2) is 60.9 Å². The predicted molar refractivity (Wildman–Crippen MR) is 94.5 cm³/mol. The zero-order valence-corrected chi connectivity index (χ0v) is 13.7. The number of rotatable bonds is 5. The molecule has 0 aliphatic rings. The Bertz CT molecular complexity index is 851. The van der Waals surface area contributed by atoms with Gasteiger partial charge in [-0.2, -0.15) is 0 Å². The molecular weight excluding hydrogens is 302 g/mol. The Hall–Kier alpha value is -3.08. The maximum Gasteiger partial charge on any atom is 0.335 e. The van der Waals surface area contributed by atoms with Crippen LogP contribution in [0.5, 0.6) is 0 Å². The topological polar surface area (TPSA) is 58.4 Å². The summed E-state index contributed by atoms with van der Waals surface area (Å²) in [7, 11) is 4.01. The van der Waals surface area contributed by atoms with Gasteiger partial charge < -0.3 is 14.6 Å². The maximum absolute atomic E-state index is 11.1. The van der Waals surface area contributed by atoms with Crippen molar-refractivity contribution in [2.75, 3.05) is 19.0 Å². The van der Waals surface area contributed by atoms with Crippen LogP contribution in [0.3, 0.4) is 0 Å². The molecule has 0 saturated heterocycles. The zero-order chi connectivity index (χ0) is 17.1. The van der Waals surface area contributed by atoms with Crippen molar-refractivity contribution in [3.63, 3.8) is 0 Å². The number of hydrogen-bond acceptors (Lipinski definition) is 3. The predicted octanol–water partition coefficient (Wildman–Crippen LogP) is 3.36. The molecule has 1 aromatic heterocycles. The molecule has 2 aromatic carbocycles. The zero-order valence-electron chi connectivity index (χ0n) is 13.7. The first-order chi connectivity index (χ1) is 11.5. The number of nitrogens with zero attached hydrogens (tertiary/aromatic N) is 3. The number of carboxylic acid groups (broad SMARTS) is 1. The Morgan fingerprint density at radius 1 is 1.17 bits per heavy atom. The Labute approximate surface area is 140 Å². The van der Waals surface area contributed by atoms with E-state index in [9.17, 15) is 4.79 Å². The summed E-state index contributed by atoms with van der Waals surface area (Å²) in [5, 5.41) is 9.12. The molecule has 24 heavy (non-hydrogen) atoms. The van der Waals surface area contributed by atoms with Gasteiger partial charge in [0.2, 0.25) is 0 Å². The minimum Gasteiger partial charge on any atom is -0.478 e. The molecule has 0 fully saturated rings. The summed E-state index contributed by atoms with van der Waals surface area (Å²) in [6, 6.07) is 15.2. The van der Waals surface area contributed by atoms with Crippen LogP contribution < -0.4 is 4.90 Å². The van der Waals surface area contributed by atoms with Crippen molar-refractivity contribution in [3.8, 4) is 11.4 Å². The van der Waals surface area contributed by atoms with Gasteiger partial charge in [0, 0.05) is 44.3 Å². The summed E-state index contributed by atoms with van der Waals surface area (Å²) in [6.07, 6.45) is 3.67. The molecule has 0 amide bonds. The van der Waals surface area contributed by atoms with Gasteiger partial charge in [-0.15, -0.1) is 0 Å². The SMILES string of the molecule is CN(C)c1ccc(-c2nccn2Cc2cccc(C(=O)O)c2)cc1. The molecule has 0 aliphatic carbocycles. The summed E-state index contributed by atoms with van der Waals surface area (Å²) in [4.78, 5) is 17.6. The molecule has 0 saturated carbocycles. The number of hydrogen-bond donors (Lipinski definition) is 1. The van der Waals surface area contributed by atoms with E-state index in [1.165, 1.54) is 0 Å². The Balaban J connectivity index is 1.88. The van der Waals surface area contributed by atoms with E-state index in [0.717, 1.165) is 22.6 Å². The number of aromatic carboxylic acids is 1. The summed E-state index contributed by atoms with van der Waals surface area (Å²) in [5.41, 5.74) is 3.38. The number of anilines is 1. The van der Waals surface area contributed by atoms with Gasteiger partial charge in [0.15, 0.2) is 0 Å². The fourth-order valence-corrected chi connectivity index (χ4v) is 2.61. The van der Waals surface area contributed by atoms with Crippen LogP contribution in [0.4, 0.5) is 5.69 Å². The van der Waals surface area contributed by atoms with E-state index in [4.69, 9.17) is 5.11 Å². The van der Waals surface area contributed by atoms with Gasteiger partial charge in [-0.3, -0.25) is 0 Å². The highest BCUT2D eigenvalue weighted by Crippen LogP contribution is 2.22. The van der Waals surface area contributed by atoms with Crippen LogP contribution in [0, 0.1) is 0 Å². The second-order valence-corrected chi connectivity index (χ2v) is 5.83. The quantitative estimate of drug-likeness (QED) is 0.783. The van der Waals surface area contributed by atoms with Crippen molar-refractivity contribution >= 4 is 11.7 Å². The van der Waals surface area contributed by atoms with Crippen LogP contribution in [-0.4, -0.2) is 34.7 Å². The van der Waals surface area contributed by atoms with Crippen LogP contribution in [0.25, 0.3) is 11.4 Å². The molecule has 5 heteroatoms. The first-order valence-corrected chi connectivity index (χ1v) is 7.66. The highest BCUT2D eigenvalue weighted by atomic mass is 16.4. The first-order valence-electron chi connectivity index (χ1n) is 7.66. The van der Waals surface area contributed by atoms with Gasteiger partial charge in [-0.05, 0) is 42.0 Å². The van der Waals surface area contributed by atoms with Crippen molar-refractivity contribution in [2.45, 2.75) is 6.54 Å². The van der Waals surface area contributed by atoms with E-state index in [1.807, 2.05) is 48.0 Å². The lowest BCUT2D eigenvalue weighted by Crippen LogP contribution is -2.08. The van der Waals surface area contributed by atoms with E-state index in [-0.39, 0.29) is 0 Å². The summed E-state index contributed by atoms with van der Waals surface area (Å²) in [6.45, 7) is 0.575. The van der Waals surface area contributed by atoms with Gasteiger partial charge in [0.1, 0.15) is 5.82 Å². The average molecular weight is 321 g/mol. The van der Waals surface area contributed by atoms with E-state index >= 15 is 0 Å². The van der Waals surface area contributed by atoms with E-state index in [1.54, 1.807) is 24.4 Å². The van der Waals surface area contributed by atoms with Crippen molar-refractivity contribution in [2.24, 2.45) is 0 Å². The fraction of sp³-hybridized carbons (Fsp3) is 0.158. The van der Waals surface area contributed by atoms with Crippen molar-refractivity contribution in [1.82, 2.24) is 9.55 Å². The van der Waals surface area contributed by atoms with Crippen LogP contribution >= 0.6 is 0 Å². The number of carboxylic acids is 1. The third-order valence-electron chi connectivity index (χ3n) is 3.88. The van der Waals surface area contributed by atoms with E-state index < -0.39 is 5.97 Å². The minimum absolute atomic E-state index is 0.296. The second kappa shape index (κ2) is 6.58.